The molecule has 4 heteroatoms. The van der Waals surface area contributed by atoms with Gasteiger partial charge in [0, 0.05) is 13.1 Å². The van der Waals surface area contributed by atoms with Crippen molar-refractivity contribution in [3.05, 3.63) is 18.5 Å². The van der Waals surface area contributed by atoms with E-state index in [9.17, 15) is 4.79 Å². The maximum absolute atomic E-state index is 10.7. The highest BCUT2D eigenvalue weighted by Crippen LogP contribution is 2.21. The SMILES string of the molecule is COc1cnccc1NC(C)=O. The van der Waals surface area contributed by atoms with E-state index in [1.165, 1.54) is 14.0 Å². The molecule has 1 aromatic rings. The van der Waals surface area contributed by atoms with Gasteiger partial charge in [-0.15, -0.1) is 0 Å². The molecule has 4 nitrogen and oxygen atoms in total. The van der Waals surface area contributed by atoms with Crippen LogP contribution in [0.3, 0.4) is 0 Å². The topological polar surface area (TPSA) is 51.2 Å². The molecule has 0 aliphatic carbocycles. The summed E-state index contributed by atoms with van der Waals surface area (Å²) in [6.45, 7) is 1.44. The number of nitrogens with zero attached hydrogens (tertiary/aromatic N) is 1. The van der Waals surface area contributed by atoms with Gasteiger partial charge in [-0.2, -0.15) is 0 Å². The smallest absolute Gasteiger partial charge is 0.221 e. The largest absolute Gasteiger partial charge is 0.493 e. The third kappa shape index (κ3) is 1.95. The van der Waals surface area contributed by atoms with Crippen LogP contribution in [0.1, 0.15) is 6.92 Å². The first-order chi connectivity index (χ1) is 5.74. The van der Waals surface area contributed by atoms with Crippen LogP contribution in [0.5, 0.6) is 5.75 Å². The molecule has 0 saturated heterocycles. The maximum atomic E-state index is 10.7. The second kappa shape index (κ2) is 3.71. The lowest BCUT2D eigenvalue weighted by Gasteiger charge is -2.06. The minimum absolute atomic E-state index is 0.125. The summed E-state index contributed by atoms with van der Waals surface area (Å²) >= 11 is 0. The highest BCUT2D eigenvalue weighted by atomic mass is 16.5. The summed E-state index contributed by atoms with van der Waals surface area (Å²) in [5.41, 5.74) is 0.639. The number of methoxy groups -OCH3 is 1. The first kappa shape index (κ1) is 8.52. The minimum Gasteiger partial charge on any atom is -0.493 e. The normalized spacial score (nSPS) is 9.17. The van der Waals surface area contributed by atoms with Crippen LogP contribution in [0.15, 0.2) is 18.5 Å². The molecule has 64 valence electrons. The molecule has 0 aliphatic heterocycles. The van der Waals surface area contributed by atoms with E-state index >= 15 is 0 Å². The molecular formula is C8H10N2O2. The van der Waals surface area contributed by atoms with E-state index in [0.717, 1.165) is 0 Å². The summed E-state index contributed by atoms with van der Waals surface area (Å²) in [5.74, 6) is 0.437. The molecule has 0 unspecified atom stereocenters. The third-order valence-electron chi connectivity index (χ3n) is 1.32. The first-order valence-electron chi connectivity index (χ1n) is 3.49. The van der Waals surface area contributed by atoms with Gasteiger partial charge in [0.25, 0.3) is 0 Å². The van der Waals surface area contributed by atoms with Crippen LogP contribution in [0.25, 0.3) is 0 Å². The Morgan fingerprint density at radius 3 is 3.00 bits per heavy atom. The van der Waals surface area contributed by atoms with E-state index in [1.54, 1.807) is 18.5 Å². The molecule has 0 fully saturated rings. The van der Waals surface area contributed by atoms with Crippen molar-refractivity contribution in [1.29, 1.82) is 0 Å². The van der Waals surface area contributed by atoms with Gasteiger partial charge in [0.05, 0.1) is 19.0 Å². The third-order valence-corrected chi connectivity index (χ3v) is 1.32. The molecule has 0 spiro atoms. The Balaban J connectivity index is 2.89. The molecule has 1 N–H and O–H groups in total. The van der Waals surface area contributed by atoms with Gasteiger partial charge in [0.1, 0.15) is 0 Å². The van der Waals surface area contributed by atoms with Crippen LogP contribution < -0.4 is 10.1 Å². The Bertz CT molecular complexity index is 286. The number of hydrogen-bond acceptors (Lipinski definition) is 3. The molecule has 1 heterocycles. The standard InChI is InChI=1S/C8H10N2O2/c1-6(11)10-7-3-4-9-5-8(7)12-2/h3-5H,1-2H3,(H,9,10,11). The molecule has 0 saturated carbocycles. The van der Waals surface area contributed by atoms with Gasteiger partial charge >= 0.3 is 0 Å². The zero-order valence-corrected chi connectivity index (χ0v) is 7.00. The lowest BCUT2D eigenvalue weighted by atomic mass is 10.4. The second-order valence-corrected chi connectivity index (χ2v) is 2.26. The van der Waals surface area contributed by atoms with Crippen LogP contribution in [0.4, 0.5) is 5.69 Å². The monoisotopic (exact) mass is 166 g/mol. The van der Waals surface area contributed by atoms with Crippen LogP contribution in [-0.2, 0) is 4.79 Å². The Kier molecular flexibility index (Phi) is 2.63. The van der Waals surface area contributed by atoms with Gasteiger partial charge in [-0.3, -0.25) is 9.78 Å². The van der Waals surface area contributed by atoms with Crippen molar-refractivity contribution in [3.63, 3.8) is 0 Å². The molecule has 1 amide bonds. The molecule has 1 rings (SSSR count). The number of pyridine rings is 1. The van der Waals surface area contributed by atoms with E-state index < -0.39 is 0 Å². The van der Waals surface area contributed by atoms with Crippen LogP contribution in [-0.4, -0.2) is 18.0 Å². The van der Waals surface area contributed by atoms with Crippen molar-refractivity contribution < 1.29 is 9.53 Å². The highest BCUT2D eigenvalue weighted by Gasteiger charge is 2.01. The lowest BCUT2D eigenvalue weighted by molar-refractivity contribution is -0.114. The van der Waals surface area contributed by atoms with Crippen LogP contribution >= 0.6 is 0 Å². The number of carbonyl (C=O) groups excluding carboxylic acids is 1. The van der Waals surface area contributed by atoms with Crippen molar-refractivity contribution in [2.24, 2.45) is 0 Å². The van der Waals surface area contributed by atoms with E-state index in [2.05, 4.69) is 10.3 Å². The van der Waals surface area contributed by atoms with Gasteiger partial charge in [-0.05, 0) is 6.07 Å². The van der Waals surface area contributed by atoms with Gasteiger partial charge < -0.3 is 10.1 Å². The van der Waals surface area contributed by atoms with Crippen molar-refractivity contribution in [2.45, 2.75) is 6.92 Å². The number of nitrogens with one attached hydrogen (secondary N) is 1. The molecule has 12 heavy (non-hydrogen) atoms. The van der Waals surface area contributed by atoms with E-state index in [-0.39, 0.29) is 5.91 Å². The fourth-order valence-electron chi connectivity index (χ4n) is 0.836. The van der Waals surface area contributed by atoms with Crippen molar-refractivity contribution in [2.75, 3.05) is 12.4 Å². The quantitative estimate of drug-likeness (QED) is 0.714. The molecule has 0 aliphatic rings. The van der Waals surface area contributed by atoms with E-state index in [0.29, 0.717) is 11.4 Å². The molecule has 0 aromatic carbocycles. The molecule has 0 radical (unpaired) electrons. The Labute approximate surface area is 70.6 Å². The molecular weight excluding hydrogens is 156 g/mol. The van der Waals surface area contributed by atoms with Crippen molar-refractivity contribution >= 4 is 11.6 Å². The zero-order valence-electron chi connectivity index (χ0n) is 7.00. The average Bonchev–Trinajstić information content (AvgIpc) is 2.04. The number of anilines is 1. The summed E-state index contributed by atoms with van der Waals surface area (Å²) in [6, 6.07) is 1.68. The van der Waals surface area contributed by atoms with Gasteiger partial charge in [-0.25, -0.2) is 0 Å². The Morgan fingerprint density at radius 1 is 1.67 bits per heavy atom. The van der Waals surface area contributed by atoms with Crippen molar-refractivity contribution in [3.8, 4) is 5.75 Å². The van der Waals surface area contributed by atoms with Gasteiger partial charge in [0.15, 0.2) is 5.75 Å². The first-order valence-corrected chi connectivity index (χ1v) is 3.49. The predicted octanol–water partition coefficient (Wildman–Crippen LogP) is 1.05. The molecule has 0 bridgehead atoms. The Hall–Kier alpha value is -1.58. The molecule has 1 aromatic heterocycles. The number of carbonyl (C=O) groups is 1. The van der Waals surface area contributed by atoms with Gasteiger partial charge in [-0.1, -0.05) is 0 Å². The predicted molar refractivity (Wildman–Crippen MR) is 45.1 cm³/mol. The fraction of sp³-hybridized carbons (Fsp3) is 0.250. The number of aromatic nitrogens is 1. The average molecular weight is 166 g/mol. The second-order valence-electron chi connectivity index (χ2n) is 2.26. The number of hydrogen-bond donors (Lipinski definition) is 1. The maximum Gasteiger partial charge on any atom is 0.221 e. The number of rotatable bonds is 2. The summed E-state index contributed by atoms with van der Waals surface area (Å²) in [5, 5.41) is 2.62. The zero-order chi connectivity index (χ0) is 8.97. The van der Waals surface area contributed by atoms with Crippen LogP contribution in [0.2, 0.25) is 0 Å². The summed E-state index contributed by atoms with van der Waals surface area (Å²) < 4.78 is 4.97. The van der Waals surface area contributed by atoms with Crippen molar-refractivity contribution in [1.82, 2.24) is 4.98 Å². The van der Waals surface area contributed by atoms with E-state index in [1.807, 2.05) is 0 Å². The molecule has 0 atom stereocenters. The summed E-state index contributed by atoms with van der Waals surface area (Å²) in [4.78, 5) is 14.5. The summed E-state index contributed by atoms with van der Waals surface area (Å²) in [6.07, 6.45) is 3.14. The number of ether oxygens (including phenoxy) is 1. The summed E-state index contributed by atoms with van der Waals surface area (Å²) in [7, 11) is 1.53. The minimum atomic E-state index is -0.125. The van der Waals surface area contributed by atoms with Crippen LogP contribution in [0, 0.1) is 0 Å². The fourth-order valence-corrected chi connectivity index (χ4v) is 0.836. The Morgan fingerprint density at radius 2 is 2.42 bits per heavy atom. The lowest BCUT2D eigenvalue weighted by Crippen LogP contribution is -2.07. The van der Waals surface area contributed by atoms with E-state index in [4.69, 9.17) is 4.74 Å². The van der Waals surface area contributed by atoms with Gasteiger partial charge in [0.2, 0.25) is 5.91 Å². The number of amides is 1. The highest BCUT2D eigenvalue weighted by molar-refractivity contribution is 5.90.